The van der Waals surface area contributed by atoms with Gasteiger partial charge < -0.3 is 14.9 Å². The van der Waals surface area contributed by atoms with Crippen LogP contribution < -0.4 is 5.32 Å². The molecule has 2 N–H and O–H groups in total. The summed E-state index contributed by atoms with van der Waals surface area (Å²) < 4.78 is 16.5. The number of benzene rings is 1. The third kappa shape index (κ3) is 2.55. The van der Waals surface area contributed by atoms with E-state index in [-0.39, 0.29) is 11.9 Å². The van der Waals surface area contributed by atoms with Gasteiger partial charge in [-0.05, 0) is 38.0 Å². The van der Waals surface area contributed by atoms with Crippen molar-refractivity contribution in [2.75, 3.05) is 0 Å². The normalized spacial score (nSPS) is 15.7. The molecule has 0 bridgehead atoms. The van der Waals surface area contributed by atoms with Gasteiger partial charge in [0.15, 0.2) is 0 Å². The molecule has 1 atom stereocenters. The van der Waals surface area contributed by atoms with Crippen molar-refractivity contribution in [2.45, 2.75) is 45.3 Å². The maximum Gasteiger partial charge on any atom is 0.128 e. The first-order valence-corrected chi connectivity index (χ1v) is 8.26. The third-order valence-electron chi connectivity index (χ3n) is 4.82. The molecule has 1 unspecified atom stereocenters. The number of imidazole rings is 1. The van der Waals surface area contributed by atoms with Crippen LogP contribution in [-0.4, -0.2) is 14.5 Å². The predicted molar refractivity (Wildman–Crippen MR) is 88.7 cm³/mol. The Kier molecular flexibility index (Phi) is 3.65. The first kappa shape index (κ1) is 14.5. The highest BCUT2D eigenvalue weighted by Crippen LogP contribution is 2.24. The number of aromatic amines is 1. The second-order valence-electron chi connectivity index (χ2n) is 6.28. The zero-order valence-electron chi connectivity index (χ0n) is 13.3. The summed E-state index contributed by atoms with van der Waals surface area (Å²) in [5.74, 6) is 1.02. The van der Waals surface area contributed by atoms with Gasteiger partial charge in [0.2, 0.25) is 0 Å². The lowest BCUT2D eigenvalue weighted by Crippen LogP contribution is -2.23. The van der Waals surface area contributed by atoms with Gasteiger partial charge in [-0.3, -0.25) is 0 Å². The molecule has 0 fully saturated rings. The summed E-state index contributed by atoms with van der Waals surface area (Å²) in [6, 6.07) is 5.38. The van der Waals surface area contributed by atoms with Gasteiger partial charge in [-0.25, -0.2) is 9.37 Å². The Morgan fingerprint density at radius 3 is 3.17 bits per heavy atom. The van der Waals surface area contributed by atoms with Crippen LogP contribution in [0.5, 0.6) is 0 Å². The number of halogens is 1. The monoisotopic (exact) mass is 312 g/mol. The van der Waals surface area contributed by atoms with Gasteiger partial charge in [-0.2, -0.15) is 0 Å². The van der Waals surface area contributed by atoms with Crippen LogP contribution in [0.4, 0.5) is 4.39 Å². The molecule has 0 radical (unpaired) electrons. The fourth-order valence-corrected chi connectivity index (χ4v) is 3.49. The standard InChI is InChI=1S/C18H21FN4/c1-12(17-11-22-18-4-2-3-9-23(17)18)21-10-14-13-7-8-20-16(13)6-5-15(14)19/h5-8,11-12,20-21H,2-4,9-10H2,1H3. The largest absolute Gasteiger partial charge is 0.361 e. The number of aromatic nitrogens is 3. The molecule has 5 heteroatoms. The molecule has 23 heavy (non-hydrogen) atoms. The fourth-order valence-electron chi connectivity index (χ4n) is 3.49. The Morgan fingerprint density at radius 2 is 2.26 bits per heavy atom. The Hall–Kier alpha value is -2.14. The molecule has 0 saturated heterocycles. The maximum atomic E-state index is 14.2. The first-order valence-electron chi connectivity index (χ1n) is 8.26. The Bertz CT molecular complexity index is 833. The molecule has 0 amide bonds. The molecule has 2 aromatic heterocycles. The summed E-state index contributed by atoms with van der Waals surface area (Å²) in [6.45, 7) is 3.66. The van der Waals surface area contributed by atoms with Gasteiger partial charge >= 0.3 is 0 Å². The molecular weight excluding hydrogens is 291 g/mol. The Labute approximate surface area is 134 Å². The van der Waals surface area contributed by atoms with Crippen molar-refractivity contribution < 1.29 is 4.39 Å². The minimum absolute atomic E-state index is 0.142. The summed E-state index contributed by atoms with van der Waals surface area (Å²) in [5, 5.41) is 4.40. The van der Waals surface area contributed by atoms with E-state index in [0.717, 1.165) is 23.9 Å². The molecule has 4 rings (SSSR count). The molecule has 0 spiro atoms. The van der Waals surface area contributed by atoms with Crippen molar-refractivity contribution >= 4 is 10.9 Å². The van der Waals surface area contributed by atoms with Crippen LogP contribution in [0.1, 0.15) is 42.9 Å². The summed E-state index contributed by atoms with van der Waals surface area (Å²) in [6.07, 6.45) is 7.30. The molecule has 1 aliphatic heterocycles. The highest BCUT2D eigenvalue weighted by Gasteiger charge is 2.18. The number of rotatable bonds is 4. The van der Waals surface area contributed by atoms with Crippen LogP contribution in [0.3, 0.4) is 0 Å². The highest BCUT2D eigenvalue weighted by atomic mass is 19.1. The van der Waals surface area contributed by atoms with E-state index in [9.17, 15) is 4.39 Å². The zero-order valence-corrected chi connectivity index (χ0v) is 13.3. The highest BCUT2D eigenvalue weighted by molar-refractivity contribution is 5.83. The molecule has 4 nitrogen and oxygen atoms in total. The van der Waals surface area contributed by atoms with Gasteiger partial charge in [0.25, 0.3) is 0 Å². The third-order valence-corrected chi connectivity index (χ3v) is 4.82. The van der Waals surface area contributed by atoms with Crippen LogP contribution in [0, 0.1) is 5.82 Å². The lowest BCUT2D eigenvalue weighted by molar-refractivity contribution is 0.467. The van der Waals surface area contributed by atoms with E-state index in [1.165, 1.54) is 30.4 Å². The Balaban J connectivity index is 1.55. The predicted octanol–water partition coefficient (Wildman–Crippen LogP) is 3.69. The van der Waals surface area contributed by atoms with Gasteiger partial charge in [0, 0.05) is 48.2 Å². The number of aryl methyl sites for hydroxylation is 1. The van der Waals surface area contributed by atoms with Crippen molar-refractivity contribution in [3.63, 3.8) is 0 Å². The molecule has 1 aromatic carbocycles. The van der Waals surface area contributed by atoms with E-state index < -0.39 is 0 Å². The summed E-state index contributed by atoms with van der Waals surface area (Å²) in [4.78, 5) is 7.67. The summed E-state index contributed by atoms with van der Waals surface area (Å²) in [5.41, 5.74) is 2.88. The Morgan fingerprint density at radius 1 is 1.35 bits per heavy atom. The molecule has 120 valence electrons. The van der Waals surface area contributed by atoms with Crippen LogP contribution in [-0.2, 0) is 19.5 Å². The molecular formula is C18H21FN4. The summed E-state index contributed by atoms with van der Waals surface area (Å²) >= 11 is 0. The molecule has 3 heterocycles. The smallest absolute Gasteiger partial charge is 0.128 e. The van der Waals surface area contributed by atoms with Crippen molar-refractivity contribution in [1.82, 2.24) is 19.9 Å². The number of H-pyrrole nitrogens is 1. The number of nitrogens with one attached hydrogen (secondary N) is 2. The zero-order chi connectivity index (χ0) is 15.8. The average Bonchev–Trinajstić information content (AvgIpc) is 3.20. The van der Waals surface area contributed by atoms with E-state index in [1.807, 2.05) is 18.5 Å². The first-order chi connectivity index (χ1) is 11.2. The molecule has 1 aliphatic rings. The molecule has 0 saturated carbocycles. The number of fused-ring (bicyclic) bond motifs is 2. The van der Waals surface area contributed by atoms with Gasteiger partial charge in [-0.15, -0.1) is 0 Å². The number of nitrogens with zero attached hydrogens (tertiary/aromatic N) is 2. The topological polar surface area (TPSA) is 45.6 Å². The van der Waals surface area contributed by atoms with Crippen molar-refractivity contribution in [3.8, 4) is 0 Å². The van der Waals surface area contributed by atoms with Gasteiger partial charge in [-0.1, -0.05) is 0 Å². The van der Waals surface area contributed by atoms with Crippen molar-refractivity contribution in [2.24, 2.45) is 0 Å². The molecule has 3 aromatic rings. The second-order valence-corrected chi connectivity index (χ2v) is 6.28. The quantitative estimate of drug-likeness (QED) is 0.772. The van der Waals surface area contributed by atoms with E-state index in [1.54, 1.807) is 6.07 Å². The van der Waals surface area contributed by atoms with Gasteiger partial charge in [0.1, 0.15) is 11.6 Å². The number of hydrogen-bond acceptors (Lipinski definition) is 2. The SMILES string of the molecule is CC(NCc1c(F)ccc2[nH]ccc12)c1cnc2n1CCCC2. The minimum Gasteiger partial charge on any atom is -0.361 e. The maximum absolute atomic E-state index is 14.2. The minimum atomic E-state index is -0.160. The van der Waals surface area contributed by atoms with E-state index in [2.05, 4.69) is 26.8 Å². The average molecular weight is 312 g/mol. The lowest BCUT2D eigenvalue weighted by atomic mass is 10.1. The van der Waals surface area contributed by atoms with Crippen LogP contribution >= 0.6 is 0 Å². The fraction of sp³-hybridized carbons (Fsp3) is 0.389. The van der Waals surface area contributed by atoms with Crippen LogP contribution in [0.25, 0.3) is 10.9 Å². The molecule has 0 aliphatic carbocycles. The number of hydrogen-bond donors (Lipinski definition) is 2. The second kappa shape index (κ2) is 5.81. The van der Waals surface area contributed by atoms with E-state index in [4.69, 9.17) is 0 Å². The van der Waals surface area contributed by atoms with Crippen molar-refractivity contribution in [3.05, 3.63) is 53.5 Å². The van der Waals surface area contributed by atoms with Crippen LogP contribution in [0.15, 0.2) is 30.6 Å². The van der Waals surface area contributed by atoms with Gasteiger partial charge in [0.05, 0.1) is 11.9 Å². The van der Waals surface area contributed by atoms with Crippen molar-refractivity contribution in [1.29, 1.82) is 0 Å². The van der Waals surface area contributed by atoms with E-state index >= 15 is 0 Å². The van der Waals surface area contributed by atoms with Crippen LogP contribution in [0.2, 0.25) is 0 Å². The lowest BCUT2D eigenvalue weighted by Gasteiger charge is -2.21. The van der Waals surface area contributed by atoms with E-state index in [0.29, 0.717) is 12.1 Å². The summed E-state index contributed by atoms with van der Waals surface area (Å²) in [7, 11) is 0.